The van der Waals surface area contributed by atoms with Crippen LogP contribution in [0.1, 0.15) is 76.8 Å². The molecule has 39 heavy (non-hydrogen) atoms. The van der Waals surface area contributed by atoms with Gasteiger partial charge in [-0.15, -0.1) is 5.12 Å². The summed E-state index contributed by atoms with van der Waals surface area (Å²) in [5.41, 5.74) is 8.01. The van der Waals surface area contributed by atoms with Crippen LogP contribution < -0.4 is 10.5 Å². The minimum absolute atomic E-state index is 0.143. The summed E-state index contributed by atoms with van der Waals surface area (Å²) in [4.78, 5) is 30.7. The normalized spacial score (nSPS) is 21.1. The van der Waals surface area contributed by atoms with Crippen LogP contribution in [-0.4, -0.2) is 32.9 Å². The molecule has 10 heteroatoms. The Morgan fingerprint density at radius 3 is 2.59 bits per heavy atom. The number of rotatable bonds is 1. The summed E-state index contributed by atoms with van der Waals surface area (Å²) < 4.78 is 31.6. The third-order valence-electron chi connectivity index (χ3n) is 8.63. The maximum atomic E-state index is 15.1. The second-order valence-corrected chi connectivity index (χ2v) is 11.8. The molecule has 1 unspecified atom stereocenters. The molecule has 4 aromatic rings. The molecule has 0 radical (unpaired) electrons. The van der Waals surface area contributed by atoms with Gasteiger partial charge < -0.3 is 4.98 Å². The number of carbonyl (C=O) groups excluding carboxylic acids is 2. The van der Waals surface area contributed by atoms with Gasteiger partial charge in [0, 0.05) is 39.1 Å². The number of nitrogens with one attached hydrogen (secondary N) is 2. The minimum Gasteiger partial charge on any atom is -0.358 e. The Kier molecular flexibility index (Phi) is 4.17. The summed E-state index contributed by atoms with van der Waals surface area (Å²) in [6.07, 6.45) is 2.71. The lowest BCUT2D eigenvalue weighted by molar-refractivity contribution is 0.0952. The molecule has 2 aromatic heterocycles. The first-order valence-electron chi connectivity index (χ1n) is 13.1. The van der Waals surface area contributed by atoms with E-state index in [-0.39, 0.29) is 22.5 Å². The molecule has 4 heterocycles. The highest BCUT2D eigenvalue weighted by Gasteiger charge is 2.42. The van der Waals surface area contributed by atoms with Gasteiger partial charge in [0.1, 0.15) is 11.6 Å². The summed E-state index contributed by atoms with van der Waals surface area (Å²) in [6, 6.07) is 5.19. The Bertz CT molecular complexity index is 1910. The van der Waals surface area contributed by atoms with Crippen LogP contribution in [0.5, 0.6) is 0 Å². The fourth-order valence-electron chi connectivity index (χ4n) is 6.86. The van der Waals surface area contributed by atoms with E-state index >= 15 is 4.39 Å². The third kappa shape index (κ3) is 2.86. The van der Waals surface area contributed by atoms with Crippen molar-refractivity contribution < 1.29 is 18.4 Å². The van der Waals surface area contributed by atoms with Crippen LogP contribution in [0.4, 0.5) is 8.78 Å². The lowest BCUT2D eigenvalue weighted by atomic mass is 9.74. The number of nitrogens with zero attached hydrogens (tertiary/aromatic N) is 4. The lowest BCUT2D eigenvalue weighted by Gasteiger charge is -2.32. The fraction of sp³-hybridized carbons (Fsp3) is 0.310. The molecule has 8 rings (SSSR count). The van der Waals surface area contributed by atoms with E-state index in [1.165, 1.54) is 29.4 Å². The zero-order valence-electron chi connectivity index (χ0n) is 21.6. The smallest absolute Gasteiger partial charge is 0.294 e. The first-order chi connectivity index (χ1) is 18.6. The van der Waals surface area contributed by atoms with E-state index in [1.807, 2.05) is 0 Å². The van der Waals surface area contributed by atoms with E-state index in [2.05, 4.69) is 36.3 Å². The van der Waals surface area contributed by atoms with Crippen molar-refractivity contribution in [2.45, 2.75) is 46.5 Å². The number of aromatic amines is 1. The Balaban J connectivity index is 1.51. The lowest BCUT2D eigenvalue weighted by Crippen LogP contribution is -2.40. The Morgan fingerprint density at radius 2 is 1.77 bits per heavy atom. The van der Waals surface area contributed by atoms with Crippen molar-refractivity contribution in [3.05, 3.63) is 69.5 Å². The monoisotopic (exact) mass is 526 g/mol. The predicted molar refractivity (Wildman–Crippen MR) is 143 cm³/mol. The summed E-state index contributed by atoms with van der Waals surface area (Å²) in [6.45, 7) is 6.23. The SMILES string of the molecule is CC1CC2=NNC(=O)c3cc(F)cc4c3c2c(n4N2N=C3c4c([nH]c5cc(F)cc(c45)C2=O)CCC3(C)C)C1. The molecule has 2 aliphatic carbocycles. The van der Waals surface area contributed by atoms with Crippen LogP contribution in [0.3, 0.4) is 0 Å². The van der Waals surface area contributed by atoms with E-state index in [0.29, 0.717) is 46.1 Å². The highest BCUT2D eigenvalue weighted by Crippen LogP contribution is 2.44. The summed E-state index contributed by atoms with van der Waals surface area (Å²) in [7, 11) is 0. The number of benzene rings is 2. The van der Waals surface area contributed by atoms with Crippen molar-refractivity contribution in [2.24, 2.45) is 21.5 Å². The van der Waals surface area contributed by atoms with Gasteiger partial charge in [-0.25, -0.2) is 18.9 Å². The molecule has 8 nitrogen and oxygen atoms in total. The van der Waals surface area contributed by atoms with Crippen LogP contribution in [-0.2, 0) is 12.8 Å². The predicted octanol–water partition coefficient (Wildman–Crippen LogP) is 4.90. The van der Waals surface area contributed by atoms with Crippen LogP contribution in [0.2, 0.25) is 0 Å². The largest absolute Gasteiger partial charge is 0.358 e. The summed E-state index contributed by atoms with van der Waals surface area (Å²) >= 11 is 0. The Labute approximate surface area is 221 Å². The van der Waals surface area contributed by atoms with Crippen molar-refractivity contribution in [1.29, 1.82) is 0 Å². The number of hydrogen-bond acceptors (Lipinski definition) is 4. The molecule has 0 fully saturated rings. The van der Waals surface area contributed by atoms with Crippen LogP contribution >= 0.6 is 0 Å². The fourth-order valence-corrected chi connectivity index (χ4v) is 6.86. The second kappa shape index (κ2) is 7.19. The first-order valence-corrected chi connectivity index (χ1v) is 13.1. The van der Waals surface area contributed by atoms with E-state index in [9.17, 15) is 14.0 Å². The second-order valence-electron chi connectivity index (χ2n) is 11.8. The van der Waals surface area contributed by atoms with Gasteiger partial charge in [-0.1, -0.05) is 20.8 Å². The van der Waals surface area contributed by atoms with Crippen LogP contribution in [0.25, 0.3) is 21.8 Å². The number of hydrogen-bond donors (Lipinski definition) is 2. The Morgan fingerprint density at radius 1 is 1.00 bits per heavy atom. The van der Waals surface area contributed by atoms with Gasteiger partial charge in [-0.2, -0.15) is 10.2 Å². The van der Waals surface area contributed by atoms with Crippen LogP contribution in [0, 0.1) is 23.0 Å². The molecule has 196 valence electrons. The summed E-state index contributed by atoms with van der Waals surface area (Å²) in [5, 5.41) is 11.8. The zero-order valence-corrected chi connectivity index (χ0v) is 21.6. The molecule has 0 spiro atoms. The highest BCUT2D eigenvalue weighted by atomic mass is 19.1. The number of hydrazone groups is 2. The maximum absolute atomic E-state index is 15.1. The van der Waals surface area contributed by atoms with Gasteiger partial charge in [-0.3, -0.25) is 9.59 Å². The van der Waals surface area contributed by atoms with Crippen molar-refractivity contribution in [1.82, 2.24) is 15.1 Å². The van der Waals surface area contributed by atoms with Gasteiger partial charge >= 0.3 is 0 Å². The summed E-state index contributed by atoms with van der Waals surface area (Å²) in [5.74, 6) is -2.04. The van der Waals surface area contributed by atoms with Gasteiger partial charge in [0.15, 0.2) is 0 Å². The van der Waals surface area contributed by atoms with Gasteiger partial charge in [0.2, 0.25) is 0 Å². The standard InChI is InChI=1S/C29H24F2N6O2/c1-12-6-19-24-20(7-12)36(21-11-14(31)8-15(23(21)24)27(38)34-33-19)37-28(39)16-9-13(30)10-18-22(16)25-17(32-18)4-5-29(2,3)26(25)35-37/h8-12,32H,4-7H2,1-3H3,(H,34,38). The third-order valence-corrected chi connectivity index (χ3v) is 8.63. The molecule has 0 saturated heterocycles. The van der Waals surface area contributed by atoms with Gasteiger partial charge in [-0.05, 0) is 49.8 Å². The number of amides is 2. The first kappa shape index (κ1) is 22.6. The number of halogens is 2. The van der Waals surface area contributed by atoms with E-state index in [4.69, 9.17) is 5.10 Å². The number of aryl methyl sites for hydroxylation is 1. The molecular formula is C29H24F2N6O2. The molecule has 2 N–H and O–H groups in total. The van der Waals surface area contributed by atoms with E-state index in [1.54, 1.807) is 4.68 Å². The molecule has 0 saturated carbocycles. The zero-order chi connectivity index (χ0) is 27.0. The molecular weight excluding hydrogens is 502 g/mol. The molecule has 4 aliphatic rings. The average molecular weight is 527 g/mol. The molecule has 1 atom stereocenters. The number of carbonyl (C=O) groups is 2. The van der Waals surface area contributed by atoms with Crippen molar-refractivity contribution >= 4 is 45.0 Å². The molecule has 0 bridgehead atoms. The maximum Gasteiger partial charge on any atom is 0.294 e. The van der Waals surface area contributed by atoms with Crippen molar-refractivity contribution in [3.63, 3.8) is 0 Å². The van der Waals surface area contributed by atoms with Crippen molar-refractivity contribution in [3.8, 4) is 0 Å². The molecule has 2 amide bonds. The van der Waals surface area contributed by atoms with Crippen molar-refractivity contribution in [2.75, 3.05) is 5.12 Å². The molecule has 2 aromatic carbocycles. The topological polar surface area (TPSA) is 94.8 Å². The highest BCUT2D eigenvalue weighted by molar-refractivity contribution is 6.25. The van der Waals surface area contributed by atoms with Gasteiger partial charge in [0.25, 0.3) is 11.8 Å². The number of H-pyrrole nitrogens is 1. The quantitative estimate of drug-likeness (QED) is 0.369. The van der Waals surface area contributed by atoms with Crippen LogP contribution in [0.15, 0.2) is 34.5 Å². The number of aromatic nitrogens is 2. The molecule has 2 aliphatic heterocycles. The Hall–Kier alpha value is -4.34. The average Bonchev–Trinajstić information content (AvgIpc) is 3.30. The van der Waals surface area contributed by atoms with Gasteiger partial charge in [0.05, 0.1) is 39.3 Å². The van der Waals surface area contributed by atoms with E-state index in [0.717, 1.165) is 35.4 Å². The minimum atomic E-state index is -0.616. The van der Waals surface area contributed by atoms with E-state index < -0.39 is 23.4 Å².